The molecule has 2 aromatic rings. The van der Waals surface area contributed by atoms with E-state index >= 15 is 0 Å². The quantitative estimate of drug-likeness (QED) is 0.768. The molecule has 1 aliphatic rings. The fourth-order valence-electron chi connectivity index (χ4n) is 3.25. The highest BCUT2D eigenvalue weighted by molar-refractivity contribution is 7.09. The summed E-state index contributed by atoms with van der Waals surface area (Å²) in [5.41, 5.74) is 0.503. The maximum atomic E-state index is 13.3. The van der Waals surface area contributed by atoms with Crippen LogP contribution < -0.4 is 5.32 Å². The van der Waals surface area contributed by atoms with Crippen LogP contribution >= 0.6 is 22.9 Å². The van der Waals surface area contributed by atoms with Crippen molar-refractivity contribution in [3.05, 3.63) is 51.4 Å². The Morgan fingerprint density at radius 3 is 2.77 bits per heavy atom. The van der Waals surface area contributed by atoms with Crippen molar-refractivity contribution in [1.82, 2.24) is 9.80 Å². The summed E-state index contributed by atoms with van der Waals surface area (Å²) in [4.78, 5) is 18.4. The van der Waals surface area contributed by atoms with Gasteiger partial charge in [0.2, 0.25) is 0 Å². The molecule has 2 heterocycles. The Hall–Kier alpha value is -1.63. The van der Waals surface area contributed by atoms with Gasteiger partial charge in [0.15, 0.2) is 0 Å². The lowest BCUT2D eigenvalue weighted by Crippen LogP contribution is -2.48. The monoisotopic (exact) mass is 395 g/mol. The van der Waals surface area contributed by atoms with Gasteiger partial charge in [0, 0.05) is 29.7 Å². The summed E-state index contributed by atoms with van der Waals surface area (Å²) in [6.45, 7) is 5.78. The number of halogens is 2. The molecule has 0 unspecified atom stereocenters. The van der Waals surface area contributed by atoms with Crippen molar-refractivity contribution in [1.29, 1.82) is 0 Å². The standard InChI is InChI=1S/C19H23ClFN3OS/c1-2-23-9-7-15(8-10-23)24(13-16-4-3-11-26-16)19(25)22-14-5-6-18(21)17(20)12-14/h3-6,11-12,15H,2,7-10,13H2,1H3,(H,22,25). The second kappa shape index (κ2) is 8.84. The average molecular weight is 396 g/mol. The van der Waals surface area contributed by atoms with E-state index < -0.39 is 5.82 Å². The number of nitrogens with one attached hydrogen (secondary N) is 1. The van der Waals surface area contributed by atoms with E-state index in [-0.39, 0.29) is 17.1 Å². The number of carbonyl (C=O) groups is 1. The smallest absolute Gasteiger partial charge is 0.316 e. The number of likely N-dealkylation sites (tertiary alicyclic amines) is 1. The number of hydrogen-bond acceptors (Lipinski definition) is 3. The van der Waals surface area contributed by atoms with Gasteiger partial charge in [-0.1, -0.05) is 24.6 Å². The molecule has 1 N–H and O–H groups in total. The topological polar surface area (TPSA) is 35.6 Å². The molecule has 0 bridgehead atoms. The molecule has 7 heteroatoms. The number of urea groups is 1. The molecule has 1 aliphatic heterocycles. The summed E-state index contributed by atoms with van der Waals surface area (Å²) in [7, 11) is 0. The summed E-state index contributed by atoms with van der Waals surface area (Å²) in [5.74, 6) is -0.493. The van der Waals surface area contributed by atoms with Crippen molar-refractivity contribution < 1.29 is 9.18 Å². The predicted octanol–water partition coefficient (Wildman–Crippen LogP) is 5.06. The molecule has 0 aliphatic carbocycles. The number of rotatable bonds is 5. The van der Waals surface area contributed by atoms with E-state index in [0.29, 0.717) is 12.2 Å². The molecule has 0 radical (unpaired) electrons. The summed E-state index contributed by atoms with van der Waals surface area (Å²) in [6.07, 6.45) is 1.91. The van der Waals surface area contributed by atoms with Crippen LogP contribution in [0.2, 0.25) is 5.02 Å². The van der Waals surface area contributed by atoms with Crippen molar-refractivity contribution in [2.75, 3.05) is 25.0 Å². The normalized spacial score (nSPS) is 15.8. The van der Waals surface area contributed by atoms with Crippen molar-refractivity contribution in [3.63, 3.8) is 0 Å². The maximum Gasteiger partial charge on any atom is 0.322 e. The highest BCUT2D eigenvalue weighted by Crippen LogP contribution is 2.24. The number of benzene rings is 1. The molecule has 1 aromatic carbocycles. The van der Waals surface area contributed by atoms with Crippen LogP contribution in [0.15, 0.2) is 35.7 Å². The van der Waals surface area contributed by atoms with Crippen molar-refractivity contribution >= 4 is 34.7 Å². The minimum Gasteiger partial charge on any atom is -0.316 e. The van der Waals surface area contributed by atoms with Gasteiger partial charge in [0.05, 0.1) is 11.6 Å². The minimum atomic E-state index is -0.493. The minimum absolute atomic E-state index is 0.00357. The third kappa shape index (κ3) is 4.75. The molecular weight excluding hydrogens is 373 g/mol. The van der Waals surface area contributed by atoms with Gasteiger partial charge in [-0.25, -0.2) is 9.18 Å². The zero-order chi connectivity index (χ0) is 18.5. The second-order valence-electron chi connectivity index (χ2n) is 6.43. The number of amides is 2. The summed E-state index contributed by atoms with van der Waals surface area (Å²) in [5, 5.41) is 4.89. The molecular formula is C19H23ClFN3OS. The SMILES string of the molecule is CCN1CCC(N(Cc2cccs2)C(=O)Nc2ccc(F)c(Cl)c2)CC1. The number of nitrogens with zero attached hydrogens (tertiary/aromatic N) is 2. The predicted molar refractivity (Wildman–Crippen MR) is 105 cm³/mol. The van der Waals surface area contributed by atoms with Gasteiger partial charge < -0.3 is 15.1 Å². The van der Waals surface area contributed by atoms with E-state index in [1.54, 1.807) is 11.3 Å². The van der Waals surface area contributed by atoms with Crippen LogP contribution in [0.4, 0.5) is 14.9 Å². The number of hydrogen-bond donors (Lipinski definition) is 1. The van der Waals surface area contributed by atoms with Crippen LogP contribution in [0.1, 0.15) is 24.6 Å². The number of thiophene rings is 1. The highest BCUT2D eigenvalue weighted by atomic mass is 35.5. The first kappa shape index (κ1) is 19.1. The van der Waals surface area contributed by atoms with Gasteiger partial charge in [0.1, 0.15) is 5.82 Å². The van der Waals surface area contributed by atoms with Crippen LogP contribution in [-0.4, -0.2) is 41.5 Å². The van der Waals surface area contributed by atoms with E-state index in [9.17, 15) is 9.18 Å². The number of piperidine rings is 1. The zero-order valence-electron chi connectivity index (χ0n) is 14.8. The van der Waals surface area contributed by atoms with E-state index in [1.807, 2.05) is 22.4 Å². The van der Waals surface area contributed by atoms with Crippen molar-refractivity contribution in [2.45, 2.75) is 32.4 Å². The molecule has 1 aromatic heterocycles. The van der Waals surface area contributed by atoms with Gasteiger partial charge in [-0.3, -0.25) is 0 Å². The molecule has 0 saturated carbocycles. The van der Waals surface area contributed by atoms with Crippen LogP contribution in [0.3, 0.4) is 0 Å². The lowest BCUT2D eigenvalue weighted by Gasteiger charge is -2.38. The van der Waals surface area contributed by atoms with Gasteiger partial charge in [-0.05, 0) is 49.0 Å². The van der Waals surface area contributed by atoms with Crippen LogP contribution in [0.5, 0.6) is 0 Å². The van der Waals surface area contributed by atoms with Gasteiger partial charge in [0.25, 0.3) is 0 Å². The third-order valence-electron chi connectivity index (χ3n) is 4.78. The maximum absolute atomic E-state index is 13.3. The second-order valence-corrected chi connectivity index (χ2v) is 7.87. The van der Waals surface area contributed by atoms with Crippen molar-refractivity contribution in [2.24, 2.45) is 0 Å². The van der Waals surface area contributed by atoms with Gasteiger partial charge >= 0.3 is 6.03 Å². The first-order chi connectivity index (χ1) is 12.6. The van der Waals surface area contributed by atoms with Gasteiger partial charge in [-0.15, -0.1) is 11.3 Å². The molecule has 0 spiro atoms. The molecule has 140 valence electrons. The van der Waals surface area contributed by atoms with E-state index in [2.05, 4.69) is 17.1 Å². The summed E-state index contributed by atoms with van der Waals surface area (Å²) >= 11 is 7.47. The Bertz CT molecular complexity index is 732. The van der Waals surface area contributed by atoms with E-state index in [1.165, 1.54) is 18.2 Å². The molecule has 0 atom stereocenters. The molecule has 1 saturated heterocycles. The Morgan fingerprint density at radius 2 is 2.15 bits per heavy atom. The lowest BCUT2D eigenvalue weighted by molar-refractivity contribution is 0.127. The molecule has 3 rings (SSSR count). The summed E-state index contributed by atoms with van der Waals surface area (Å²) < 4.78 is 13.3. The van der Waals surface area contributed by atoms with Crippen molar-refractivity contribution in [3.8, 4) is 0 Å². The summed E-state index contributed by atoms with van der Waals surface area (Å²) in [6, 6.07) is 8.30. The fourth-order valence-corrected chi connectivity index (χ4v) is 4.14. The molecule has 1 fully saturated rings. The largest absolute Gasteiger partial charge is 0.322 e. The first-order valence-corrected chi connectivity index (χ1v) is 10.1. The fraction of sp³-hybridized carbons (Fsp3) is 0.421. The first-order valence-electron chi connectivity index (χ1n) is 8.84. The molecule has 26 heavy (non-hydrogen) atoms. The number of carbonyl (C=O) groups excluding carboxylic acids is 1. The average Bonchev–Trinajstić information content (AvgIpc) is 3.16. The van der Waals surface area contributed by atoms with Crippen LogP contribution in [0, 0.1) is 5.82 Å². The van der Waals surface area contributed by atoms with Crippen LogP contribution in [0.25, 0.3) is 0 Å². The number of anilines is 1. The lowest BCUT2D eigenvalue weighted by atomic mass is 10.0. The van der Waals surface area contributed by atoms with Gasteiger partial charge in [-0.2, -0.15) is 0 Å². The molecule has 2 amide bonds. The third-order valence-corrected chi connectivity index (χ3v) is 5.93. The zero-order valence-corrected chi connectivity index (χ0v) is 16.3. The van der Waals surface area contributed by atoms with E-state index in [4.69, 9.17) is 11.6 Å². The Balaban J connectivity index is 1.73. The Labute approximate surface area is 162 Å². The Kier molecular flexibility index (Phi) is 6.51. The molecule has 4 nitrogen and oxygen atoms in total. The highest BCUT2D eigenvalue weighted by Gasteiger charge is 2.28. The van der Waals surface area contributed by atoms with E-state index in [0.717, 1.165) is 37.4 Å². The van der Waals surface area contributed by atoms with Crippen LogP contribution in [-0.2, 0) is 6.54 Å². The Morgan fingerprint density at radius 1 is 1.38 bits per heavy atom.